The topological polar surface area (TPSA) is 81.8 Å². The van der Waals surface area contributed by atoms with Gasteiger partial charge in [0.1, 0.15) is 11.3 Å². The van der Waals surface area contributed by atoms with Crippen LogP contribution in [0.25, 0.3) is 27.8 Å². The molecule has 24 heavy (non-hydrogen) atoms. The van der Waals surface area contributed by atoms with Gasteiger partial charge in [-0.25, -0.2) is 9.97 Å². The van der Waals surface area contributed by atoms with Crippen LogP contribution in [-0.4, -0.2) is 26.3 Å². The van der Waals surface area contributed by atoms with Crippen molar-refractivity contribution >= 4 is 34.1 Å². The molecule has 0 saturated heterocycles. The molecule has 0 aromatic carbocycles. The summed E-state index contributed by atoms with van der Waals surface area (Å²) in [6.07, 6.45) is 11.4. The number of pyridine rings is 2. The Morgan fingerprint density at radius 3 is 2.50 bits per heavy atom. The number of nitrogens with zero attached hydrogens (tertiary/aromatic N) is 3. The van der Waals surface area contributed by atoms with Crippen molar-refractivity contribution in [2.24, 2.45) is 4.99 Å². The number of hydrogen-bond acceptors (Lipinski definition) is 4. The summed E-state index contributed by atoms with van der Waals surface area (Å²) in [6.45, 7) is 0. The maximum Gasteiger partial charge on any atom is 0.137 e. The largest absolute Gasteiger partial charge is 0.346 e. The molecule has 1 aliphatic rings. The predicted molar refractivity (Wildman–Crippen MR) is 94.5 cm³/mol. The molecule has 1 aliphatic heterocycles. The van der Waals surface area contributed by atoms with E-state index in [-0.39, 0.29) is 6.04 Å². The van der Waals surface area contributed by atoms with Gasteiger partial charge < -0.3 is 15.3 Å². The highest BCUT2D eigenvalue weighted by atomic mass is 15.0. The fourth-order valence-corrected chi connectivity index (χ4v) is 3.17. The minimum atomic E-state index is -0.0548. The third-order valence-electron chi connectivity index (χ3n) is 4.32. The standard InChI is InChI=1S/C18H14N6/c1-3-11-13(8-21-17(11)19-5-1)15-7-16(24-10-23-15)14-9-22-18-12(14)4-2-6-20-18/h1-10,15H,(H,19,21)(H,20,22)(H,23,24). The van der Waals surface area contributed by atoms with E-state index in [4.69, 9.17) is 0 Å². The lowest BCUT2D eigenvalue weighted by molar-refractivity contribution is 0.900. The molecular formula is C18H14N6. The van der Waals surface area contributed by atoms with Gasteiger partial charge in [0, 0.05) is 52.4 Å². The van der Waals surface area contributed by atoms with Crippen molar-refractivity contribution in [2.75, 3.05) is 0 Å². The molecule has 6 nitrogen and oxygen atoms in total. The van der Waals surface area contributed by atoms with Crippen molar-refractivity contribution in [3.05, 3.63) is 66.3 Å². The number of fused-ring (bicyclic) bond motifs is 2. The Balaban J connectivity index is 1.61. The number of nitrogens with one attached hydrogen (secondary N) is 3. The van der Waals surface area contributed by atoms with Gasteiger partial charge in [0.25, 0.3) is 0 Å². The van der Waals surface area contributed by atoms with Crippen LogP contribution in [0.4, 0.5) is 0 Å². The second kappa shape index (κ2) is 5.06. The maximum absolute atomic E-state index is 4.58. The van der Waals surface area contributed by atoms with E-state index in [9.17, 15) is 0 Å². The molecular weight excluding hydrogens is 300 g/mol. The number of rotatable bonds is 2. The molecule has 0 saturated carbocycles. The minimum absolute atomic E-state index is 0.0548. The molecule has 6 heteroatoms. The average molecular weight is 314 g/mol. The summed E-state index contributed by atoms with van der Waals surface area (Å²) in [5.41, 5.74) is 4.99. The lowest BCUT2D eigenvalue weighted by Gasteiger charge is -2.16. The van der Waals surface area contributed by atoms with Gasteiger partial charge in [0.05, 0.1) is 12.4 Å². The SMILES string of the molecule is C1=NC(c2c[nH]c3ncccc23)C=C(c2c[nH]c3ncccc23)N1. The predicted octanol–water partition coefficient (Wildman–Crippen LogP) is 3.15. The quantitative estimate of drug-likeness (QED) is 0.531. The minimum Gasteiger partial charge on any atom is -0.346 e. The molecule has 5 rings (SSSR count). The highest BCUT2D eigenvalue weighted by Gasteiger charge is 2.18. The molecule has 0 bridgehead atoms. The Hall–Kier alpha value is -3.41. The molecule has 0 fully saturated rings. The zero-order valence-corrected chi connectivity index (χ0v) is 12.7. The van der Waals surface area contributed by atoms with Gasteiger partial charge in [-0.3, -0.25) is 4.99 Å². The highest BCUT2D eigenvalue weighted by Crippen LogP contribution is 2.31. The zero-order chi connectivity index (χ0) is 15.9. The fourth-order valence-electron chi connectivity index (χ4n) is 3.17. The summed E-state index contributed by atoms with van der Waals surface area (Å²) in [4.78, 5) is 19.7. The third-order valence-corrected chi connectivity index (χ3v) is 4.32. The van der Waals surface area contributed by atoms with Crippen molar-refractivity contribution in [3.63, 3.8) is 0 Å². The number of aliphatic imine (C=N–C) groups is 1. The van der Waals surface area contributed by atoms with Gasteiger partial charge in [-0.2, -0.15) is 0 Å². The van der Waals surface area contributed by atoms with Crippen molar-refractivity contribution in [3.8, 4) is 0 Å². The van der Waals surface area contributed by atoms with Crippen LogP contribution >= 0.6 is 0 Å². The van der Waals surface area contributed by atoms with Gasteiger partial charge in [0.15, 0.2) is 0 Å². The van der Waals surface area contributed by atoms with Crippen LogP contribution in [0.1, 0.15) is 17.2 Å². The molecule has 0 radical (unpaired) electrons. The van der Waals surface area contributed by atoms with E-state index in [1.165, 1.54) is 0 Å². The molecule has 4 aromatic rings. The smallest absolute Gasteiger partial charge is 0.137 e. The zero-order valence-electron chi connectivity index (χ0n) is 12.7. The number of aromatic nitrogens is 4. The number of H-pyrrole nitrogens is 2. The van der Waals surface area contributed by atoms with Gasteiger partial charge >= 0.3 is 0 Å². The van der Waals surface area contributed by atoms with Crippen LogP contribution in [0.2, 0.25) is 0 Å². The Labute approximate surface area is 137 Å². The highest BCUT2D eigenvalue weighted by molar-refractivity contribution is 5.93. The van der Waals surface area contributed by atoms with Gasteiger partial charge in [0.2, 0.25) is 0 Å². The summed E-state index contributed by atoms with van der Waals surface area (Å²) in [7, 11) is 0. The van der Waals surface area contributed by atoms with E-state index in [1.54, 1.807) is 18.7 Å². The van der Waals surface area contributed by atoms with Crippen molar-refractivity contribution in [1.82, 2.24) is 25.3 Å². The van der Waals surface area contributed by atoms with Gasteiger partial charge in [-0.1, -0.05) is 0 Å². The lowest BCUT2D eigenvalue weighted by Crippen LogP contribution is -2.15. The van der Waals surface area contributed by atoms with E-state index >= 15 is 0 Å². The monoisotopic (exact) mass is 314 g/mol. The van der Waals surface area contributed by atoms with E-state index in [0.29, 0.717) is 0 Å². The molecule has 0 amide bonds. The first-order chi connectivity index (χ1) is 11.9. The average Bonchev–Trinajstić information content (AvgIpc) is 3.26. The molecule has 0 spiro atoms. The van der Waals surface area contributed by atoms with Crippen LogP contribution in [-0.2, 0) is 0 Å². The molecule has 1 atom stereocenters. The van der Waals surface area contributed by atoms with Crippen LogP contribution < -0.4 is 5.32 Å². The lowest BCUT2D eigenvalue weighted by atomic mass is 10.0. The van der Waals surface area contributed by atoms with Crippen molar-refractivity contribution in [1.29, 1.82) is 0 Å². The van der Waals surface area contributed by atoms with Crippen molar-refractivity contribution < 1.29 is 0 Å². The first kappa shape index (κ1) is 13.1. The number of aromatic amines is 2. The van der Waals surface area contributed by atoms with Crippen LogP contribution in [0.3, 0.4) is 0 Å². The molecule has 3 N–H and O–H groups in total. The summed E-state index contributed by atoms with van der Waals surface area (Å²) in [5, 5.41) is 5.43. The Morgan fingerprint density at radius 2 is 1.62 bits per heavy atom. The molecule has 116 valence electrons. The Bertz CT molecular complexity index is 1100. The molecule has 0 aliphatic carbocycles. The van der Waals surface area contributed by atoms with E-state index in [2.05, 4.69) is 48.5 Å². The van der Waals surface area contributed by atoms with E-state index in [0.717, 1.165) is 38.9 Å². The molecule has 1 unspecified atom stereocenters. The van der Waals surface area contributed by atoms with Gasteiger partial charge in [-0.15, -0.1) is 0 Å². The normalized spacial score (nSPS) is 17.2. The maximum atomic E-state index is 4.58. The first-order valence-corrected chi connectivity index (χ1v) is 7.74. The molecule has 5 heterocycles. The van der Waals surface area contributed by atoms with E-state index in [1.807, 2.05) is 24.5 Å². The van der Waals surface area contributed by atoms with Crippen LogP contribution in [0, 0.1) is 0 Å². The second-order valence-corrected chi connectivity index (χ2v) is 5.69. The van der Waals surface area contributed by atoms with Crippen molar-refractivity contribution in [2.45, 2.75) is 6.04 Å². The van der Waals surface area contributed by atoms with Gasteiger partial charge in [-0.05, 0) is 30.3 Å². The summed E-state index contributed by atoms with van der Waals surface area (Å²) in [6, 6.07) is 7.96. The fraction of sp³-hybridized carbons (Fsp3) is 0.0556. The van der Waals surface area contributed by atoms with E-state index < -0.39 is 0 Å². The Morgan fingerprint density at radius 1 is 0.875 bits per heavy atom. The molecule has 4 aromatic heterocycles. The summed E-state index contributed by atoms with van der Waals surface area (Å²) in [5.74, 6) is 0. The Kier molecular flexibility index (Phi) is 2.75. The summed E-state index contributed by atoms with van der Waals surface area (Å²) < 4.78 is 0. The first-order valence-electron chi connectivity index (χ1n) is 7.74. The van der Waals surface area contributed by atoms with Crippen LogP contribution in [0.5, 0.6) is 0 Å². The number of hydrogen-bond donors (Lipinski definition) is 3. The third kappa shape index (κ3) is 1.93. The summed E-state index contributed by atoms with van der Waals surface area (Å²) >= 11 is 0. The second-order valence-electron chi connectivity index (χ2n) is 5.69. The van der Waals surface area contributed by atoms with Crippen LogP contribution in [0.15, 0.2) is 60.1 Å².